The molecule has 0 amide bonds. The Hall–Kier alpha value is -0.120. The van der Waals surface area contributed by atoms with Crippen molar-refractivity contribution in [1.82, 2.24) is 0 Å². The van der Waals surface area contributed by atoms with Gasteiger partial charge in [0.25, 0.3) is 0 Å². The minimum absolute atomic E-state index is 0.253. The van der Waals surface area contributed by atoms with Crippen LogP contribution in [0.1, 0.15) is 105 Å². The van der Waals surface area contributed by atoms with Crippen LogP contribution in [0.3, 0.4) is 0 Å². The van der Waals surface area contributed by atoms with Crippen LogP contribution in [0, 0.1) is 46.3 Å². The van der Waals surface area contributed by atoms with Crippen LogP contribution >= 0.6 is 0 Å². The van der Waals surface area contributed by atoms with Crippen molar-refractivity contribution in [1.29, 1.82) is 0 Å². The van der Waals surface area contributed by atoms with E-state index >= 15 is 0 Å². The number of aliphatic hydroxyl groups is 3. The molecule has 0 aromatic rings. The van der Waals surface area contributed by atoms with Gasteiger partial charge in [-0.05, 0) is 85.9 Å². The van der Waals surface area contributed by atoms with Crippen molar-refractivity contribution in [3.05, 3.63) is 0 Å². The van der Waals surface area contributed by atoms with E-state index in [0.717, 1.165) is 37.0 Å². The summed E-state index contributed by atoms with van der Waals surface area (Å²) in [6.45, 7) is 12.0. The molecule has 0 bridgehead atoms. The SMILES string of the molecule is CC(C)CCCC(C)C1CCC2C3CC(O)[C@@]4(O)CC(O)CC[C@]4(C)C3CC[C@]12C. The van der Waals surface area contributed by atoms with E-state index in [-0.39, 0.29) is 5.41 Å². The second-order valence-electron chi connectivity index (χ2n) is 12.9. The topological polar surface area (TPSA) is 60.7 Å². The lowest BCUT2D eigenvalue weighted by Crippen LogP contribution is -2.68. The highest BCUT2D eigenvalue weighted by molar-refractivity contribution is 5.17. The van der Waals surface area contributed by atoms with E-state index < -0.39 is 17.8 Å². The van der Waals surface area contributed by atoms with E-state index in [4.69, 9.17) is 0 Å². The maximum Gasteiger partial charge on any atom is 0.0985 e. The molecule has 0 heterocycles. The zero-order valence-corrected chi connectivity index (χ0v) is 20.2. The van der Waals surface area contributed by atoms with Gasteiger partial charge >= 0.3 is 0 Å². The maximum absolute atomic E-state index is 11.6. The van der Waals surface area contributed by atoms with E-state index in [1.54, 1.807) is 0 Å². The summed E-state index contributed by atoms with van der Waals surface area (Å²) < 4.78 is 0. The molecule has 0 aromatic heterocycles. The molecule has 3 N–H and O–H groups in total. The van der Waals surface area contributed by atoms with Crippen LogP contribution in [0.2, 0.25) is 0 Å². The fourth-order valence-corrected chi connectivity index (χ4v) is 9.29. The summed E-state index contributed by atoms with van der Waals surface area (Å²) in [4.78, 5) is 0. The van der Waals surface area contributed by atoms with Gasteiger partial charge in [0, 0.05) is 11.8 Å². The lowest BCUT2D eigenvalue weighted by molar-refractivity contribution is -0.264. The Morgan fingerprint density at radius 3 is 2.33 bits per heavy atom. The molecule has 4 rings (SSSR count). The molecular weight excluding hydrogens is 372 g/mol. The lowest BCUT2D eigenvalue weighted by atomic mass is 9.42. The van der Waals surface area contributed by atoms with E-state index in [0.29, 0.717) is 29.6 Å². The minimum atomic E-state index is -1.11. The zero-order chi connectivity index (χ0) is 21.9. The first-order valence-electron chi connectivity index (χ1n) is 13.1. The number of rotatable bonds is 5. The van der Waals surface area contributed by atoms with Crippen molar-refractivity contribution in [2.75, 3.05) is 0 Å². The monoisotopic (exact) mass is 420 g/mol. The fourth-order valence-electron chi connectivity index (χ4n) is 9.29. The summed E-state index contributed by atoms with van der Waals surface area (Å²) in [5.74, 6) is 4.13. The second-order valence-corrected chi connectivity index (χ2v) is 12.9. The van der Waals surface area contributed by atoms with Crippen LogP contribution in [0.25, 0.3) is 0 Å². The molecule has 0 saturated heterocycles. The Kier molecular flexibility index (Phi) is 6.17. The number of aliphatic hydroxyl groups excluding tert-OH is 2. The molecule has 4 aliphatic carbocycles. The quantitative estimate of drug-likeness (QED) is 0.546. The predicted octanol–water partition coefficient (Wildman–Crippen LogP) is 5.55. The third-order valence-corrected chi connectivity index (χ3v) is 11.0. The Morgan fingerprint density at radius 2 is 1.63 bits per heavy atom. The molecule has 0 spiro atoms. The predicted molar refractivity (Wildman–Crippen MR) is 122 cm³/mol. The Morgan fingerprint density at radius 1 is 0.900 bits per heavy atom. The number of hydrogen-bond acceptors (Lipinski definition) is 3. The summed E-state index contributed by atoms with van der Waals surface area (Å²) in [5.41, 5.74) is -0.962. The first-order valence-corrected chi connectivity index (χ1v) is 13.1. The third kappa shape index (κ3) is 3.41. The van der Waals surface area contributed by atoms with Crippen LogP contribution in [0.4, 0.5) is 0 Å². The highest BCUT2D eigenvalue weighted by atomic mass is 16.3. The molecule has 3 heteroatoms. The van der Waals surface area contributed by atoms with Crippen molar-refractivity contribution in [2.24, 2.45) is 46.3 Å². The van der Waals surface area contributed by atoms with Crippen molar-refractivity contribution < 1.29 is 15.3 Å². The highest BCUT2D eigenvalue weighted by Crippen LogP contribution is 2.69. The van der Waals surface area contributed by atoms with Gasteiger partial charge in [-0.3, -0.25) is 0 Å². The zero-order valence-electron chi connectivity index (χ0n) is 20.2. The average molecular weight is 421 g/mol. The van der Waals surface area contributed by atoms with Gasteiger partial charge in [-0.15, -0.1) is 0 Å². The van der Waals surface area contributed by atoms with Gasteiger partial charge in [0.1, 0.15) is 0 Å². The molecule has 0 aliphatic heterocycles. The molecule has 174 valence electrons. The largest absolute Gasteiger partial charge is 0.393 e. The van der Waals surface area contributed by atoms with Crippen molar-refractivity contribution >= 4 is 0 Å². The second kappa shape index (κ2) is 8.03. The van der Waals surface area contributed by atoms with Crippen LogP contribution in [0.15, 0.2) is 0 Å². The van der Waals surface area contributed by atoms with Crippen LogP contribution < -0.4 is 0 Å². The summed E-state index contributed by atoms with van der Waals surface area (Å²) in [7, 11) is 0. The molecule has 10 atom stereocenters. The van der Waals surface area contributed by atoms with Gasteiger partial charge in [0.05, 0.1) is 17.8 Å². The van der Waals surface area contributed by atoms with Gasteiger partial charge in [-0.1, -0.05) is 53.9 Å². The van der Waals surface area contributed by atoms with E-state index in [9.17, 15) is 15.3 Å². The summed E-state index contributed by atoms with van der Waals surface area (Å²) in [6.07, 6.45) is 10.7. The van der Waals surface area contributed by atoms with E-state index in [1.165, 1.54) is 44.9 Å². The first-order chi connectivity index (χ1) is 14.0. The molecule has 4 fully saturated rings. The van der Waals surface area contributed by atoms with Crippen molar-refractivity contribution in [2.45, 2.75) is 123 Å². The van der Waals surface area contributed by atoms with Gasteiger partial charge in [0.2, 0.25) is 0 Å². The van der Waals surface area contributed by atoms with E-state index in [1.807, 2.05) is 0 Å². The molecule has 3 nitrogen and oxygen atoms in total. The standard InChI is InChI=1S/C27H48O3/c1-17(2)7-6-8-18(3)21-9-10-22-20-15-24(29)27(30)16-19(28)11-14-26(27,5)23(20)12-13-25(21,22)4/h17-24,28-30H,6-16H2,1-5H3/t18?,19?,20?,21?,22?,23?,24?,25-,26-,27+/m1/s1. The molecule has 0 aromatic carbocycles. The van der Waals surface area contributed by atoms with Gasteiger partial charge in [-0.2, -0.15) is 0 Å². The van der Waals surface area contributed by atoms with Crippen molar-refractivity contribution in [3.8, 4) is 0 Å². The highest BCUT2D eigenvalue weighted by Gasteiger charge is 2.67. The summed E-state index contributed by atoms with van der Waals surface area (Å²) in [6, 6.07) is 0. The molecule has 7 unspecified atom stereocenters. The normalized spacial score (nSPS) is 51.9. The first kappa shape index (κ1) is 23.1. The Labute approximate surface area is 185 Å². The third-order valence-electron chi connectivity index (χ3n) is 11.0. The smallest absolute Gasteiger partial charge is 0.0985 e. The van der Waals surface area contributed by atoms with Crippen LogP contribution in [-0.4, -0.2) is 33.1 Å². The number of hydrogen-bond donors (Lipinski definition) is 3. The van der Waals surface area contributed by atoms with Crippen LogP contribution in [-0.2, 0) is 0 Å². The average Bonchev–Trinajstić information content (AvgIpc) is 3.01. The summed E-state index contributed by atoms with van der Waals surface area (Å²) in [5, 5.41) is 33.0. The summed E-state index contributed by atoms with van der Waals surface area (Å²) >= 11 is 0. The van der Waals surface area contributed by atoms with Gasteiger partial charge in [-0.25, -0.2) is 0 Å². The Bertz CT molecular complexity index is 619. The molecule has 30 heavy (non-hydrogen) atoms. The molecule has 4 aliphatic rings. The Balaban J connectivity index is 1.53. The fraction of sp³-hybridized carbons (Fsp3) is 1.00. The van der Waals surface area contributed by atoms with E-state index in [2.05, 4.69) is 34.6 Å². The molecular formula is C27H48O3. The minimum Gasteiger partial charge on any atom is -0.393 e. The van der Waals surface area contributed by atoms with Gasteiger partial charge in [0.15, 0.2) is 0 Å². The molecule has 0 radical (unpaired) electrons. The van der Waals surface area contributed by atoms with Crippen molar-refractivity contribution in [3.63, 3.8) is 0 Å². The number of fused-ring (bicyclic) bond motifs is 5. The maximum atomic E-state index is 11.6. The molecule has 4 saturated carbocycles. The lowest BCUT2D eigenvalue weighted by Gasteiger charge is -2.65. The van der Waals surface area contributed by atoms with Crippen LogP contribution in [0.5, 0.6) is 0 Å². The van der Waals surface area contributed by atoms with Gasteiger partial charge < -0.3 is 15.3 Å².